The molecular weight excluding hydrogens is 1460 g/mol. The molecule has 115 heavy (non-hydrogen) atoms. The first kappa shape index (κ1) is 73.5. The molecule has 1 atom stereocenters. The van der Waals surface area contributed by atoms with Gasteiger partial charge in [0.1, 0.15) is 47.2 Å². The van der Waals surface area contributed by atoms with Gasteiger partial charge in [0.25, 0.3) is 22.6 Å². The fourth-order valence-electron chi connectivity index (χ4n) is 13.8. The van der Waals surface area contributed by atoms with Gasteiger partial charge in [0.15, 0.2) is 28.6 Å². The maximum absolute atomic E-state index is 14.0. The number of carbonyl (C=O) groups excluding carboxylic acids is 3. The summed E-state index contributed by atoms with van der Waals surface area (Å²) < 4.78 is 62.8. The molecule has 0 spiro atoms. The fourth-order valence-corrected chi connectivity index (χ4v) is 13.8. The Labute approximate surface area is 662 Å². The SMILES string of the molecule is CCN(C(=O)c1nn(C[C@@H](O)COCc2ccccc2)c(=O)c2c1c1ccccc1n2C)c1ccccc1.Cc1nc2ccc(N(C)C(=O)Cn3nc(-c4cccc(C#N)c4)c4ccc(OC5CCOCC5)cc4c3=O)cc2o1.[2H]C([2H])([2H])N(C(=O)Cn1nc(-c2cccc(C#N)c2)c2ccc(OC)cc2c1=O)c1ccc2nc(C)oc2c1. The summed E-state index contributed by atoms with van der Waals surface area (Å²) in [6.07, 6.45) is 0.545. The maximum Gasteiger partial charge on any atom is 0.291 e. The molecule has 1 aliphatic heterocycles. The third-order valence-corrected chi connectivity index (χ3v) is 19.5. The van der Waals surface area contributed by atoms with E-state index in [1.807, 2.05) is 104 Å². The maximum atomic E-state index is 14.0. The quantitative estimate of drug-likeness (QED) is 0.0740. The zero-order chi connectivity index (χ0) is 83.1. The molecule has 1 fully saturated rings. The first-order valence-electron chi connectivity index (χ1n) is 38.4. The number of anilines is 3. The first-order chi connectivity index (χ1) is 57.0. The second-order valence-corrected chi connectivity index (χ2v) is 27.2. The highest BCUT2D eigenvalue weighted by molar-refractivity contribution is 6.20. The third kappa shape index (κ3) is 16.7. The van der Waals surface area contributed by atoms with E-state index in [9.17, 15) is 44.4 Å². The lowest BCUT2D eigenvalue weighted by Gasteiger charge is -2.23. The van der Waals surface area contributed by atoms with E-state index in [1.165, 1.54) is 39.6 Å². The van der Waals surface area contributed by atoms with Crippen molar-refractivity contribution < 1.29 is 51.4 Å². The lowest BCUT2D eigenvalue weighted by molar-refractivity contribution is -0.119. The number of nitriles is 2. The average molecular weight is 1540 g/mol. The van der Waals surface area contributed by atoms with Crippen molar-refractivity contribution in [1.29, 1.82) is 10.5 Å². The molecule has 3 amide bonds. The monoisotopic (exact) mass is 1540 g/mol. The highest BCUT2D eigenvalue weighted by Crippen LogP contribution is 2.34. The highest BCUT2D eigenvalue weighted by Gasteiger charge is 2.29. The van der Waals surface area contributed by atoms with Gasteiger partial charge in [0.05, 0.1) is 91.6 Å². The van der Waals surface area contributed by atoms with Gasteiger partial charge in [-0.1, -0.05) is 91.0 Å². The van der Waals surface area contributed by atoms with Gasteiger partial charge in [-0.2, -0.15) is 25.8 Å². The van der Waals surface area contributed by atoms with Gasteiger partial charge in [0, 0.05) is 126 Å². The second kappa shape index (κ2) is 34.2. The molecule has 27 heteroatoms. The van der Waals surface area contributed by atoms with E-state index < -0.39 is 36.7 Å². The number of oxazole rings is 2. The number of aromatic nitrogens is 9. The Hall–Kier alpha value is -14.3. The van der Waals surface area contributed by atoms with Crippen LogP contribution in [0, 0.1) is 36.5 Å². The predicted octanol–water partition coefficient (Wildman–Crippen LogP) is 12.8. The Morgan fingerprint density at radius 3 is 1.73 bits per heavy atom. The molecule has 578 valence electrons. The minimum Gasteiger partial charge on any atom is -0.497 e. The third-order valence-electron chi connectivity index (χ3n) is 19.5. The van der Waals surface area contributed by atoms with E-state index in [0.717, 1.165) is 39.7 Å². The summed E-state index contributed by atoms with van der Waals surface area (Å²) >= 11 is 0. The fraction of sp³-hybridized carbons (Fsp3) is 0.216. The number of fused-ring (bicyclic) bond motifs is 7. The van der Waals surface area contributed by atoms with Crippen LogP contribution in [-0.2, 0) is 52.4 Å². The van der Waals surface area contributed by atoms with E-state index in [-0.39, 0.29) is 59.9 Å². The molecule has 16 rings (SSSR count). The zero-order valence-electron chi connectivity index (χ0n) is 66.5. The van der Waals surface area contributed by atoms with Crippen LogP contribution >= 0.6 is 0 Å². The van der Waals surface area contributed by atoms with Crippen molar-refractivity contribution >= 4 is 100 Å². The summed E-state index contributed by atoms with van der Waals surface area (Å²) in [6.45, 7) is 3.42. The van der Waals surface area contributed by atoms with E-state index >= 15 is 0 Å². The summed E-state index contributed by atoms with van der Waals surface area (Å²) in [5, 5.41) is 46.1. The van der Waals surface area contributed by atoms with Crippen LogP contribution in [0.5, 0.6) is 11.5 Å². The topological polar surface area (TPSA) is 327 Å². The van der Waals surface area contributed by atoms with Crippen LogP contribution in [0.25, 0.3) is 88.1 Å². The number of rotatable bonds is 20. The Balaban J connectivity index is 0.000000146. The van der Waals surface area contributed by atoms with Gasteiger partial charge in [-0.25, -0.2) is 24.0 Å². The molecule has 0 aliphatic carbocycles. The van der Waals surface area contributed by atoms with E-state index in [0.29, 0.717) is 143 Å². The first-order valence-corrected chi connectivity index (χ1v) is 36.9. The van der Waals surface area contributed by atoms with Gasteiger partial charge in [-0.05, 0) is 116 Å². The van der Waals surface area contributed by atoms with Crippen LogP contribution in [0.1, 0.15) is 62.8 Å². The Morgan fingerprint density at radius 2 is 1.16 bits per heavy atom. The number of aliphatic hydroxyl groups excluding tert-OH is 1. The number of nitrogens with zero attached hydrogens (tertiary/aromatic N) is 14. The van der Waals surface area contributed by atoms with Crippen molar-refractivity contribution in [3.8, 4) is 46.2 Å². The van der Waals surface area contributed by atoms with Crippen molar-refractivity contribution in [2.24, 2.45) is 7.05 Å². The number of ether oxygens (including phenoxy) is 4. The average Bonchev–Trinajstić information content (AvgIpc) is 1.57. The van der Waals surface area contributed by atoms with Crippen molar-refractivity contribution in [3.05, 3.63) is 271 Å². The number of aliphatic hydroxyl groups is 1. The van der Waals surface area contributed by atoms with Crippen molar-refractivity contribution in [3.63, 3.8) is 0 Å². The normalized spacial score (nSPS) is 12.9. The molecule has 1 aliphatic rings. The number of amides is 3. The van der Waals surface area contributed by atoms with E-state index in [2.05, 4.69) is 37.4 Å². The lowest BCUT2D eigenvalue weighted by atomic mass is 10.0. The predicted molar refractivity (Wildman–Crippen MR) is 436 cm³/mol. The molecule has 1 saturated heterocycles. The number of carbonyl (C=O) groups is 3. The van der Waals surface area contributed by atoms with Crippen molar-refractivity contribution in [1.82, 2.24) is 43.9 Å². The molecule has 1 N–H and O–H groups in total. The number of benzene rings is 9. The molecule has 27 nitrogen and oxygen atoms in total. The molecule has 6 aromatic heterocycles. The summed E-state index contributed by atoms with van der Waals surface area (Å²) in [6, 6.07) is 64.4. The largest absolute Gasteiger partial charge is 0.497 e. The lowest BCUT2D eigenvalue weighted by Crippen LogP contribution is -2.36. The number of hydrogen-bond acceptors (Lipinski definition) is 20. The Kier molecular flexibility index (Phi) is 21.8. The molecule has 7 heterocycles. The number of hydrogen-bond donors (Lipinski definition) is 1. The van der Waals surface area contributed by atoms with Crippen LogP contribution in [0.3, 0.4) is 0 Å². The van der Waals surface area contributed by atoms with Crippen molar-refractivity contribution in [2.45, 2.75) is 72.1 Å². The van der Waals surface area contributed by atoms with Crippen LogP contribution < -0.4 is 40.9 Å². The van der Waals surface area contributed by atoms with Gasteiger partial charge in [0.2, 0.25) is 11.8 Å². The minimum absolute atomic E-state index is 0.00208. The van der Waals surface area contributed by atoms with Crippen LogP contribution in [0.2, 0.25) is 0 Å². The highest BCUT2D eigenvalue weighted by atomic mass is 16.5. The zero-order valence-corrected chi connectivity index (χ0v) is 63.5. The molecule has 9 aromatic carbocycles. The van der Waals surface area contributed by atoms with Crippen LogP contribution in [-0.4, -0.2) is 126 Å². The van der Waals surface area contributed by atoms with Crippen LogP contribution in [0.15, 0.2) is 229 Å². The standard InChI is InChI=1S/C31H27N5O5.C30H30N4O4.C27H21N5O4/c1-19-33-27-9-6-22(15-28(27)40-19)35(2)29(37)18-36-31(38)26-16-24(41-23-10-12-39-13-11-23)7-8-25(26)30(34-36)21-5-3-4-20(14-21)17-32;1-3-33(22-14-8-5-9-15-22)29(36)27-26-24-16-10-11-17-25(24)32(2)28(26)30(37)34(31-27)18-23(35)20-38-19-21-12-6-4-7-13-21;1-16-29-23-10-7-19(12-24(23)36-16)31(2)25(33)15-32-27(34)22-13-20(35-3)8-9-21(22)26(30-32)18-6-4-5-17(11-18)14-28/h3-9,14-16,23H,10-13,18H2,1-2H3;4-17,23,35H,3,18-20H2,1-2H3;4-13H,15H2,1-3H3/t;23-;/m.1./s1/i;;2D3. The smallest absolute Gasteiger partial charge is 0.291 e. The van der Waals surface area contributed by atoms with Gasteiger partial charge >= 0.3 is 0 Å². The molecule has 0 saturated carbocycles. The van der Waals surface area contributed by atoms with Gasteiger partial charge in [-0.3, -0.25) is 28.8 Å². The number of aryl methyl sites for hydroxylation is 3. The molecule has 0 unspecified atom stereocenters. The molecule has 0 radical (unpaired) electrons. The molecule has 0 bridgehead atoms. The Bertz CT molecular complexity index is 6620. The van der Waals surface area contributed by atoms with E-state index in [4.69, 9.17) is 31.9 Å². The van der Waals surface area contributed by atoms with Gasteiger partial charge in [-0.15, -0.1) is 0 Å². The second-order valence-electron chi connectivity index (χ2n) is 27.2. The summed E-state index contributed by atoms with van der Waals surface area (Å²) in [7, 11) is 4.90. The Morgan fingerprint density at radius 1 is 0.609 bits per heavy atom. The van der Waals surface area contributed by atoms with Crippen LogP contribution in [0.4, 0.5) is 17.1 Å². The number of para-hydroxylation sites is 2. The van der Waals surface area contributed by atoms with Gasteiger partial charge < -0.3 is 52.2 Å². The summed E-state index contributed by atoms with van der Waals surface area (Å²) in [4.78, 5) is 94.0. The van der Waals surface area contributed by atoms with Crippen molar-refractivity contribution in [2.75, 3.05) is 62.2 Å². The van der Waals surface area contributed by atoms with E-state index in [1.54, 1.807) is 128 Å². The summed E-state index contributed by atoms with van der Waals surface area (Å²) in [5.74, 6) is 0.356. The molecular formula is C88H78N14O13. The number of methoxy groups -OCH3 is 1. The number of likely N-dealkylation sites (N-methyl/N-ethyl adjacent to an activating group) is 2. The molecule has 15 aromatic rings. The minimum atomic E-state index is -2.87. The summed E-state index contributed by atoms with van der Waals surface area (Å²) in [5.41, 5.74) is 7.32.